The fourth-order valence-corrected chi connectivity index (χ4v) is 7.47. The van der Waals surface area contributed by atoms with Gasteiger partial charge in [-0.1, -0.05) is 33.1 Å². The fourth-order valence-electron chi connectivity index (χ4n) is 7.47. The summed E-state index contributed by atoms with van der Waals surface area (Å²) in [5.74, 6) is 3.73. The van der Waals surface area contributed by atoms with Crippen LogP contribution in [0, 0.1) is 34.5 Å². The molecule has 0 spiro atoms. The molecule has 4 aliphatic carbocycles. The third-order valence-electron chi connectivity index (χ3n) is 8.66. The van der Waals surface area contributed by atoms with Gasteiger partial charge in [0, 0.05) is 7.11 Å². The Balaban J connectivity index is 1.70. The fraction of sp³-hybridized carbons (Fsp3) is 1.00. The van der Waals surface area contributed by atoms with Crippen molar-refractivity contribution in [1.82, 2.24) is 0 Å². The van der Waals surface area contributed by atoms with Gasteiger partial charge in [-0.3, -0.25) is 0 Å². The van der Waals surface area contributed by atoms with Gasteiger partial charge in [-0.2, -0.15) is 0 Å². The lowest BCUT2D eigenvalue weighted by atomic mass is 9.44. The largest absolute Gasteiger partial charge is 0.381 e. The van der Waals surface area contributed by atoms with Crippen LogP contribution < -0.4 is 0 Å². The molecular formula is C20H34O. The molecule has 0 aromatic rings. The van der Waals surface area contributed by atoms with Gasteiger partial charge < -0.3 is 4.74 Å². The minimum absolute atomic E-state index is 0.564. The highest BCUT2D eigenvalue weighted by Crippen LogP contribution is 2.66. The molecule has 7 atom stereocenters. The smallest absolute Gasteiger partial charge is 0.0608 e. The van der Waals surface area contributed by atoms with Crippen LogP contribution in [0.3, 0.4) is 0 Å². The minimum atomic E-state index is 0.564. The molecular weight excluding hydrogens is 256 g/mol. The molecule has 0 aromatic carbocycles. The molecule has 4 fully saturated rings. The lowest BCUT2D eigenvalue weighted by Crippen LogP contribution is -2.57. The van der Waals surface area contributed by atoms with Gasteiger partial charge in [-0.05, 0) is 79.4 Å². The van der Waals surface area contributed by atoms with E-state index in [0.29, 0.717) is 16.9 Å². The highest BCUT2D eigenvalue weighted by Gasteiger charge is 2.60. The molecule has 0 aromatic heterocycles. The second-order valence-corrected chi connectivity index (χ2v) is 9.33. The lowest BCUT2D eigenvalue weighted by molar-refractivity contribution is -0.166. The number of ether oxygens (including phenoxy) is 1. The van der Waals surface area contributed by atoms with Crippen LogP contribution in [-0.4, -0.2) is 13.2 Å². The van der Waals surface area contributed by atoms with Crippen molar-refractivity contribution in [3.63, 3.8) is 0 Å². The molecule has 4 aliphatic rings. The summed E-state index contributed by atoms with van der Waals surface area (Å²) in [6.45, 7) is 5.26. The zero-order valence-corrected chi connectivity index (χ0v) is 14.4. The Morgan fingerprint density at radius 2 is 1.71 bits per heavy atom. The van der Waals surface area contributed by atoms with Crippen molar-refractivity contribution < 1.29 is 4.74 Å². The molecule has 0 bridgehead atoms. The molecule has 0 radical (unpaired) electrons. The predicted molar refractivity (Wildman–Crippen MR) is 87.1 cm³/mol. The summed E-state index contributed by atoms with van der Waals surface area (Å²) >= 11 is 0. The van der Waals surface area contributed by atoms with E-state index >= 15 is 0 Å². The first kappa shape index (κ1) is 14.5. The Morgan fingerprint density at radius 1 is 0.857 bits per heavy atom. The van der Waals surface area contributed by atoms with Crippen LogP contribution in [0.4, 0.5) is 0 Å². The van der Waals surface area contributed by atoms with E-state index in [1.54, 1.807) is 0 Å². The quantitative estimate of drug-likeness (QED) is 0.625. The van der Waals surface area contributed by atoms with E-state index in [1.165, 1.54) is 64.2 Å². The molecule has 0 N–H and O–H groups in total. The summed E-state index contributed by atoms with van der Waals surface area (Å²) in [7, 11) is 1.99. The maximum Gasteiger partial charge on any atom is 0.0608 e. The van der Waals surface area contributed by atoms with Crippen LogP contribution in [0.5, 0.6) is 0 Å². The molecule has 0 amide bonds. The maximum atomic E-state index is 6.11. The first-order chi connectivity index (χ1) is 10.1. The van der Waals surface area contributed by atoms with Crippen LogP contribution in [-0.2, 0) is 4.74 Å². The summed E-state index contributed by atoms with van der Waals surface area (Å²) in [4.78, 5) is 0. The van der Waals surface area contributed by atoms with Crippen LogP contribution in [0.1, 0.15) is 78.1 Å². The summed E-state index contributed by atoms with van der Waals surface area (Å²) in [5, 5.41) is 0. The summed E-state index contributed by atoms with van der Waals surface area (Å²) in [6, 6.07) is 0. The van der Waals surface area contributed by atoms with Crippen molar-refractivity contribution in [3.8, 4) is 0 Å². The Labute approximate surface area is 131 Å². The zero-order chi connectivity index (χ0) is 14.7. The molecule has 1 nitrogen and oxygen atoms in total. The highest BCUT2D eigenvalue weighted by atomic mass is 16.5. The van der Waals surface area contributed by atoms with E-state index in [0.717, 1.165) is 23.7 Å². The predicted octanol–water partition coefficient (Wildman–Crippen LogP) is 5.43. The number of rotatable bonds is 1. The van der Waals surface area contributed by atoms with Gasteiger partial charge in [0.15, 0.2) is 0 Å². The Bertz CT molecular complexity index is 405. The number of methoxy groups -OCH3 is 1. The van der Waals surface area contributed by atoms with Crippen molar-refractivity contribution in [1.29, 1.82) is 0 Å². The molecule has 21 heavy (non-hydrogen) atoms. The maximum absolute atomic E-state index is 6.11. The topological polar surface area (TPSA) is 9.23 Å². The van der Waals surface area contributed by atoms with Gasteiger partial charge in [0.05, 0.1) is 6.10 Å². The zero-order valence-electron chi connectivity index (χ0n) is 14.4. The van der Waals surface area contributed by atoms with Gasteiger partial charge in [0.25, 0.3) is 0 Å². The molecule has 1 heteroatoms. The van der Waals surface area contributed by atoms with Gasteiger partial charge in [-0.25, -0.2) is 0 Å². The van der Waals surface area contributed by atoms with E-state index in [4.69, 9.17) is 4.74 Å². The molecule has 0 aliphatic heterocycles. The normalized spacial score (nSPS) is 56.4. The van der Waals surface area contributed by atoms with Gasteiger partial charge in [0.1, 0.15) is 0 Å². The Kier molecular flexibility index (Phi) is 3.45. The van der Waals surface area contributed by atoms with Crippen molar-refractivity contribution in [3.05, 3.63) is 0 Å². The molecule has 0 heterocycles. The molecule has 4 rings (SSSR count). The Hall–Kier alpha value is -0.0400. The van der Waals surface area contributed by atoms with E-state index in [-0.39, 0.29) is 0 Å². The molecule has 0 saturated heterocycles. The van der Waals surface area contributed by atoms with Gasteiger partial charge in [0.2, 0.25) is 0 Å². The third kappa shape index (κ3) is 1.98. The van der Waals surface area contributed by atoms with Crippen molar-refractivity contribution in [2.45, 2.75) is 84.2 Å². The second kappa shape index (κ2) is 4.98. The SMILES string of the molecule is COC1C[C@H]2CCCC[C@]2(C)[C@H]2CC[C@]3(C)CCC[C@H]3[C@H]12. The van der Waals surface area contributed by atoms with E-state index in [2.05, 4.69) is 13.8 Å². The van der Waals surface area contributed by atoms with E-state index < -0.39 is 0 Å². The molecule has 4 saturated carbocycles. The van der Waals surface area contributed by atoms with Crippen LogP contribution in [0.15, 0.2) is 0 Å². The average molecular weight is 290 g/mol. The summed E-state index contributed by atoms with van der Waals surface area (Å²) in [6.07, 6.45) is 15.3. The standard InChI is InChI=1S/C20H34O/c1-19-10-6-8-15(19)18-16(9-12-19)20(2)11-5-4-7-14(20)13-17(18)21-3/h14-18H,4-13H2,1-3H3/t14-,15+,16+,17?,18+,19+,20+/m1/s1. The van der Waals surface area contributed by atoms with Crippen molar-refractivity contribution in [2.75, 3.05) is 7.11 Å². The molecule has 1 unspecified atom stereocenters. The summed E-state index contributed by atoms with van der Waals surface area (Å²) < 4.78 is 6.11. The number of fused-ring (bicyclic) bond motifs is 5. The third-order valence-corrected chi connectivity index (χ3v) is 8.66. The lowest BCUT2D eigenvalue weighted by Gasteiger charge is -2.62. The van der Waals surface area contributed by atoms with Crippen molar-refractivity contribution in [2.24, 2.45) is 34.5 Å². The second-order valence-electron chi connectivity index (χ2n) is 9.33. The first-order valence-electron chi connectivity index (χ1n) is 9.61. The van der Waals surface area contributed by atoms with Gasteiger partial charge in [-0.15, -0.1) is 0 Å². The number of hydrogen-bond acceptors (Lipinski definition) is 1. The van der Waals surface area contributed by atoms with E-state index in [1.807, 2.05) is 7.11 Å². The van der Waals surface area contributed by atoms with Gasteiger partial charge >= 0.3 is 0 Å². The number of hydrogen-bond donors (Lipinski definition) is 0. The monoisotopic (exact) mass is 290 g/mol. The molecule has 120 valence electrons. The average Bonchev–Trinajstić information content (AvgIpc) is 2.87. The van der Waals surface area contributed by atoms with Crippen LogP contribution >= 0.6 is 0 Å². The van der Waals surface area contributed by atoms with E-state index in [9.17, 15) is 0 Å². The summed E-state index contributed by atoms with van der Waals surface area (Å²) in [5.41, 5.74) is 1.29. The van der Waals surface area contributed by atoms with Crippen LogP contribution in [0.25, 0.3) is 0 Å². The first-order valence-corrected chi connectivity index (χ1v) is 9.61. The minimum Gasteiger partial charge on any atom is -0.381 e. The van der Waals surface area contributed by atoms with Crippen LogP contribution in [0.2, 0.25) is 0 Å². The highest BCUT2D eigenvalue weighted by molar-refractivity contribution is 5.09. The Morgan fingerprint density at radius 3 is 2.52 bits per heavy atom. The van der Waals surface area contributed by atoms with Crippen molar-refractivity contribution >= 4 is 0 Å².